The third kappa shape index (κ3) is 5.54. The van der Waals surface area contributed by atoms with Crippen LogP contribution in [0.5, 0.6) is 0 Å². The highest BCUT2D eigenvalue weighted by atomic mass is 32.1. The lowest BCUT2D eigenvalue weighted by Crippen LogP contribution is -2.25. The first-order valence-corrected chi connectivity index (χ1v) is 11.0. The van der Waals surface area contributed by atoms with Gasteiger partial charge in [0.2, 0.25) is 0 Å². The van der Waals surface area contributed by atoms with Gasteiger partial charge >= 0.3 is 5.97 Å². The van der Waals surface area contributed by atoms with Gasteiger partial charge in [0.1, 0.15) is 5.82 Å². The maximum Gasteiger partial charge on any atom is 0.382 e. The fraction of sp³-hybridized carbons (Fsp3) is 0.115. The number of carboxylic acid groups (broad SMARTS) is 1. The average molecular weight is 456 g/mol. The van der Waals surface area contributed by atoms with Crippen molar-refractivity contribution in [2.24, 2.45) is 0 Å². The number of fused-ring (bicyclic) bond motifs is 1. The molecule has 0 bridgehead atoms. The van der Waals surface area contributed by atoms with Crippen LogP contribution in [-0.4, -0.2) is 22.6 Å². The molecule has 0 fully saturated rings. The van der Waals surface area contributed by atoms with Gasteiger partial charge < -0.3 is 10.0 Å². The van der Waals surface area contributed by atoms with Crippen LogP contribution in [0.4, 0.5) is 9.52 Å². The molecule has 4 aromatic rings. The van der Waals surface area contributed by atoms with Gasteiger partial charge in [-0.2, -0.15) is 5.26 Å². The van der Waals surface area contributed by atoms with Crippen molar-refractivity contribution in [1.82, 2.24) is 4.98 Å². The summed E-state index contributed by atoms with van der Waals surface area (Å²) in [4.78, 5) is 17.4. The van der Waals surface area contributed by atoms with E-state index in [1.54, 1.807) is 36.4 Å². The Morgan fingerprint density at radius 3 is 2.39 bits per heavy atom. The molecule has 0 saturated heterocycles. The molecule has 5 nitrogen and oxygen atoms in total. The number of rotatable bonds is 6. The van der Waals surface area contributed by atoms with E-state index in [4.69, 9.17) is 10.4 Å². The maximum absolute atomic E-state index is 14.3. The number of thiazole rings is 1. The van der Waals surface area contributed by atoms with Gasteiger partial charge in [-0.05, 0) is 53.9 Å². The van der Waals surface area contributed by atoms with Crippen molar-refractivity contribution in [2.45, 2.75) is 13.0 Å². The first-order valence-electron chi connectivity index (χ1n) is 10.1. The molecule has 0 spiro atoms. The largest absolute Gasteiger partial charge is 0.472 e. The fourth-order valence-corrected chi connectivity index (χ4v) is 4.33. The van der Waals surface area contributed by atoms with E-state index in [1.165, 1.54) is 17.4 Å². The van der Waals surface area contributed by atoms with Crippen LogP contribution in [0.25, 0.3) is 10.2 Å². The minimum absolute atomic E-state index is 0.287. The van der Waals surface area contributed by atoms with E-state index in [2.05, 4.69) is 27.8 Å². The van der Waals surface area contributed by atoms with Gasteiger partial charge in [-0.3, -0.25) is 0 Å². The van der Waals surface area contributed by atoms with Crippen LogP contribution in [-0.2, 0) is 17.8 Å². The van der Waals surface area contributed by atoms with Gasteiger partial charge in [-0.25, -0.2) is 14.2 Å². The first kappa shape index (κ1) is 22.0. The summed E-state index contributed by atoms with van der Waals surface area (Å²) in [6, 6.07) is 21.8. The van der Waals surface area contributed by atoms with Crippen LogP contribution >= 0.6 is 11.3 Å². The Bertz CT molecular complexity index is 1390. The van der Waals surface area contributed by atoms with Crippen LogP contribution in [0.2, 0.25) is 0 Å². The Balaban J connectivity index is 1.58. The lowest BCUT2D eigenvalue weighted by atomic mass is 10.1. The van der Waals surface area contributed by atoms with Crippen LogP contribution < -0.4 is 4.90 Å². The third-order valence-electron chi connectivity index (χ3n) is 5.02. The lowest BCUT2D eigenvalue weighted by molar-refractivity contribution is -0.130. The number of aromatic nitrogens is 1. The molecule has 4 rings (SSSR count). The zero-order valence-corrected chi connectivity index (χ0v) is 18.3. The molecule has 162 valence electrons. The molecule has 0 aliphatic rings. The average Bonchev–Trinajstić information content (AvgIpc) is 3.27. The molecule has 7 heteroatoms. The highest BCUT2D eigenvalue weighted by Gasteiger charge is 2.15. The van der Waals surface area contributed by atoms with Crippen molar-refractivity contribution >= 4 is 32.7 Å². The Hall–Kier alpha value is -4.20. The monoisotopic (exact) mass is 455 g/mol. The van der Waals surface area contributed by atoms with E-state index < -0.39 is 5.97 Å². The predicted molar refractivity (Wildman–Crippen MR) is 126 cm³/mol. The summed E-state index contributed by atoms with van der Waals surface area (Å²) < 4.78 is 14.8. The Morgan fingerprint density at radius 1 is 1.03 bits per heavy atom. The zero-order valence-electron chi connectivity index (χ0n) is 17.5. The van der Waals surface area contributed by atoms with Crippen molar-refractivity contribution in [3.05, 3.63) is 94.8 Å². The standard InChI is InChI=1S/C26H18FN3O2S/c27-22-2-1-3-23-25(22)33-26(29-23)30(15-14-19-4-8-20(16-28)9-5-19)17-21-10-6-18(7-11-21)12-13-24(31)32/h1-11H,14-15,17H2,(H,31,32). The third-order valence-corrected chi connectivity index (χ3v) is 6.16. The normalized spacial score (nSPS) is 10.3. The van der Waals surface area contributed by atoms with Crippen LogP contribution in [0.3, 0.4) is 0 Å². The first-order chi connectivity index (χ1) is 16.0. The zero-order chi connectivity index (χ0) is 23.2. The summed E-state index contributed by atoms with van der Waals surface area (Å²) in [5.74, 6) is 3.25. The summed E-state index contributed by atoms with van der Waals surface area (Å²) in [6.07, 6.45) is 0.728. The number of aliphatic carboxylic acids is 1. The molecule has 0 aliphatic heterocycles. The predicted octanol–water partition coefficient (Wildman–Crippen LogP) is 4.99. The van der Waals surface area contributed by atoms with Crippen molar-refractivity contribution in [3.63, 3.8) is 0 Å². The Labute approximate surface area is 194 Å². The molecule has 33 heavy (non-hydrogen) atoms. The molecule has 3 aromatic carbocycles. The van der Waals surface area contributed by atoms with Gasteiger partial charge in [-0.1, -0.05) is 47.6 Å². The number of hydrogen-bond donors (Lipinski definition) is 1. The van der Waals surface area contributed by atoms with Gasteiger partial charge in [0.05, 0.1) is 21.8 Å². The van der Waals surface area contributed by atoms with Crippen LogP contribution in [0.1, 0.15) is 22.3 Å². The Kier molecular flexibility index (Phi) is 6.64. The van der Waals surface area contributed by atoms with Gasteiger partial charge in [-0.15, -0.1) is 0 Å². The molecule has 0 radical (unpaired) electrons. The van der Waals surface area contributed by atoms with E-state index >= 15 is 0 Å². The van der Waals surface area contributed by atoms with Crippen LogP contribution in [0.15, 0.2) is 66.7 Å². The molecular formula is C26H18FN3O2S. The van der Waals surface area contributed by atoms with E-state index in [0.29, 0.717) is 34.4 Å². The number of carbonyl (C=O) groups is 1. The van der Waals surface area contributed by atoms with E-state index in [-0.39, 0.29) is 5.82 Å². The lowest BCUT2D eigenvalue weighted by Gasteiger charge is -2.22. The van der Waals surface area contributed by atoms with Gasteiger partial charge in [0.25, 0.3) is 0 Å². The second kappa shape index (κ2) is 9.95. The van der Waals surface area contributed by atoms with Crippen LogP contribution in [0, 0.1) is 29.0 Å². The van der Waals surface area contributed by atoms with Crippen molar-refractivity contribution in [2.75, 3.05) is 11.4 Å². The topological polar surface area (TPSA) is 77.2 Å². The number of nitriles is 1. The second-order valence-electron chi connectivity index (χ2n) is 7.32. The summed E-state index contributed by atoms with van der Waals surface area (Å²) in [6.45, 7) is 1.19. The number of benzene rings is 3. The molecule has 0 saturated carbocycles. The van der Waals surface area contributed by atoms with E-state index in [9.17, 15) is 9.18 Å². The number of halogens is 1. The molecule has 0 amide bonds. The fourth-order valence-electron chi connectivity index (χ4n) is 3.33. The number of carboxylic acids is 1. The maximum atomic E-state index is 14.3. The molecule has 1 aromatic heterocycles. The minimum Gasteiger partial charge on any atom is -0.472 e. The minimum atomic E-state index is -1.17. The number of anilines is 1. The van der Waals surface area contributed by atoms with Crippen molar-refractivity contribution in [1.29, 1.82) is 5.26 Å². The molecule has 0 aliphatic carbocycles. The van der Waals surface area contributed by atoms with E-state index in [1.807, 2.05) is 24.3 Å². The summed E-state index contributed by atoms with van der Waals surface area (Å²) in [7, 11) is 0. The van der Waals surface area contributed by atoms with E-state index in [0.717, 1.165) is 22.7 Å². The Morgan fingerprint density at radius 2 is 1.73 bits per heavy atom. The van der Waals surface area contributed by atoms with Crippen molar-refractivity contribution in [3.8, 4) is 17.9 Å². The SMILES string of the molecule is N#Cc1ccc(CCN(Cc2ccc(C#CC(=O)O)cc2)c2nc3cccc(F)c3s2)cc1. The smallest absolute Gasteiger partial charge is 0.382 e. The summed E-state index contributed by atoms with van der Waals surface area (Å²) in [5, 5.41) is 18.4. The van der Waals surface area contributed by atoms with Gasteiger partial charge in [0, 0.05) is 24.6 Å². The number of hydrogen-bond acceptors (Lipinski definition) is 5. The second-order valence-corrected chi connectivity index (χ2v) is 8.29. The summed E-state index contributed by atoms with van der Waals surface area (Å²) >= 11 is 1.32. The molecular weight excluding hydrogens is 437 g/mol. The summed E-state index contributed by atoms with van der Waals surface area (Å²) in [5.41, 5.74) is 3.94. The van der Waals surface area contributed by atoms with Crippen molar-refractivity contribution < 1.29 is 14.3 Å². The number of nitrogens with zero attached hydrogens (tertiary/aromatic N) is 3. The molecule has 1 N–H and O–H groups in total. The molecule has 1 heterocycles. The molecule has 0 unspecified atom stereocenters. The van der Waals surface area contributed by atoms with Gasteiger partial charge in [0.15, 0.2) is 5.13 Å². The quantitative estimate of drug-likeness (QED) is 0.415. The molecule has 0 atom stereocenters. The highest BCUT2D eigenvalue weighted by Crippen LogP contribution is 2.31. The highest BCUT2D eigenvalue weighted by molar-refractivity contribution is 7.22.